The Bertz CT molecular complexity index is 931. The van der Waals surface area contributed by atoms with E-state index < -0.39 is 4.92 Å². The number of amides is 3. The summed E-state index contributed by atoms with van der Waals surface area (Å²) in [4.78, 5) is 55.3. The summed E-state index contributed by atoms with van der Waals surface area (Å²) >= 11 is 0. The van der Waals surface area contributed by atoms with Gasteiger partial charge in [0, 0.05) is 77.5 Å². The number of carbonyl (C=O) groups excluding carboxylic acids is 3. The lowest BCUT2D eigenvalue weighted by atomic mass is 10.1. The summed E-state index contributed by atoms with van der Waals surface area (Å²) in [6.07, 6.45) is 1.24. The number of nitro benzene ring substituents is 1. The topological polar surface area (TPSA) is 117 Å². The molecule has 1 aromatic carbocycles. The number of benzene rings is 1. The van der Waals surface area contributed by atoms with Gasteiger partial charge in [0.2, 0.25) is 5.91 Å². The van der Waals surface area contributed by atoms with E-state index in [9.17, 15) is 24.5 Å². The Morgan fingerprint density at radius 2 is 1.61 bits per heavy atom. The molecule has 3 amide bonds. The molecule has 1 unspecified atom stereocenters. The standard InChI is InChI=1S/C22H29N5O6/c1-16(28)23-6-8-24(9-7-23)18-5-4-17(15-19(18)27(31)32)21(29)25-10-12-26(13-11-25)22(30)20-3-2-14-33-20/h4-5,15,20H,2-3,6-14H2,1H3. The molecule has 33 heavy (non-hydrogen) atoms. The minimum atomic E-state index is -0.471. The lowest BCUT2D eigenvalue weighted by Crippen LogP contribution is -2.52. The van der Waals surface area contributed by atoms with Crippen LogP contribution in [0.3, 0.4) is 0 Å². The summed E-state index contributed by atoms with van der Waals surface area (Å²) in [5.41, 5.74) is 0.586. The smallest absolute Gasteiger partial charge is 0.293 e. The molecule has 3 heterocycles. The first-order valence-corrected chi connectivity index (χ1v) is 11.3. The van der Waals surface area contributed by atoms with Gasteiger partial charge >= 0.3 is 0 Å². The number of nitrogens with zero attached hydrogens (tertiary/aromatic N) is 5. The summed E-state index contributed by atoms with van der Waals surface area (Å²) in [7, 11) is 0. The molecular formula is C22H29N5O6. The predicted molar refractivity (Wildman–Crippen MR) is 119 cm³/mol. The van der Waals surface area contributed by atoms with Gasteiger partial charge < -0.3 is 24.3 Å². The molecule has 3 fully saturated rings. The van der Waals surface area contributed by atoms with Crippen molar-refractivity contribution in [3.05, 3.63) is 33.9 Å². The second-order valence-electron chi connectivity index (χ2n) is 8.57. The molecule has 0 aliphatic carbocycles. The normalized spacial score (nSPS) is 21.3. The highest BCUT2D eigenvalue weighted by Gasteiger charge is 2.32. The van der Waals surface area contributed by atoms with Gasteiger partial charge in [0.25, 0.3) is 17.5 Å². The van der Waals surface area contributed by atoms with E-state index in [1.807, 2.05) is 4.90 Å². The number of hydrogen-bond donors (Lipinski definition) is 0. The maximum Gasteiger partial charge on any atom is 0.293 e. The third-order valence-electron chi connectivity index (χ3n) is 6.57. The maximum absolute atomic E-state index is 13.0. The summed E-state index contributed by atoms with van der Waals surface area (Å²) < 4.78 is 5.47. The van der Waals surface area contributed by atoms with Gasteiger partial charge in [0.1, 0.15) is 11.8 Å². The molecule has 3 aliphatic heterocycles. The molecule has 1 atom stereocenters. The van der Waals surface area contributed by atoms with E-state index in [0.29, 0.717) is 64.7 Å². The predicted octanol–water partition coefficient (Wildman–Crippen LogP) is 0.727. The summed E-state index contributed by atoms with van der Waals surface area (Å²) in [6.45, 7) is 5.70. The number of nitro groups is 1. The second kappa shape index (κ2) is 9.74. The van der Waals surface area contributed by atoms with Crippen LogP contribution in [0.5, 0.6) is 0 Å². The van der Waals surface area contributed by atoms with Gasteiger partial charge in [-0.1, -0.05) is 0 Å². The van der Waals surface area contributed by atoms with E-state index in [-0.39, 0.29) is 35.1 Å². The molecule has 178 valence electrons. The highest BCUT2D eigenvalue weighted by atomic mass is 16.6. The van der Waals surface area contributed by atoms with Crippen molar-refractivity contribution in [1.82, 2.24) is 14.7 Å². The minimum Gasteiger partial charge on any atom is -0.368 e. The van der Waals surface area contributed by atoms with Crippen LogP contribution in [-0.2, 0) is 14.3 Å². The number of ether oxygens (including phenoxy) is 1. The Labute approximate surface area is 192 Å². The highest BCUT2D eigenvalue weighted by molar-refractivity contribution is 5.96. The van der Waals surface area contributed by atoms with Gasteiger partial charge in [0.15, 0.2) is 0 Å². The molecular weight excluding hydrogens is 430 g/mol. The van der Waals surface area contributed by atoms with Crippen LogP contribution in [0.4, 0.5) is 11.4 Å². The quantitative estimate of drug-likeness (QED) is 0.481. The molecule has 0 spiro atoms. The molecule has 11 heteroatoms. The molecule has 0 radical (unpaired) electrons. The molecule has 3 saturated heterocycles. The third-order valence-corrected chi connectivity index (χ3v) is 6.57. The van der Waals surface area contributed by atoms with Gasteiger partial charge in [-0.2, -0.15) is 0 Å². The molecule has 1 aromatic rings. The maximum atomic E-state index is 13.0. The summed E-state index contributed by atoms with van der Waals surface area (Å²) in [5, 5.41) is 11.8. The number of hydrogen-bond acceptors (Lipinski definition) is 7. The van der Waals surface area contributed by atoms with E-state index in [1.165, 1.54) is 13.0 Å². The van der Waals surface area contributed by atoms with Crippen molar-refractivity contribution in [3.63, 3.8) is 0 Å². The van der Waals surface area contributed by atoms with Crippen LogP contribution in [0.2, 0.25) is 0 Å². The number of piperazine rings is 2. The van der Waals surface area contributed by atoms with E-state index in [4.69, 9.17) is 4.74 Å². The zero-order valence-corrected chi connectivity index (χ0v) is 18.8. The molecule has 0 N–H and O–H groups in total. The Balaban J connectivity index is 1.41. The Kier molecular flexibility index (Phi) is 6.77. The lowest BCUT2D eigenvalue weighted by Gasteiger charge is -2.36. The zero-order valence-electron chi connectivity index (χ0n) is 18.8. The first-order chi connectivity index (χ1) is 15.8. The van der Waals surface area contributed by atoms with Crippen molar-refractivity contribution in [2.24, 2.45) is 0 Å². The summed E-state index contributed by atoms with van der Waals surface area (Å²) in [5.74, 6) is -0.317. The van der Waals surface area contributed by atoms with Crippen molar-refractivity contribution >= 4 is 29.1 Å². The van der Waals surface area contributed by atoms with E-state index in [0.717, 1.165) is 12.8 Å². The van der Waals surface area contributed by atoms with Crippen LogP contribution in [0, 0.1) is 10.1 Å². The van der Waals surface area contributed by atoms with E-state index in [2.05, 4.69) is 0 Å². The van der Waals surface area contributed by atoms with Crippen LogP contribution in [0.1, 0.15) is 30.1 Å². The van der Waals surface area contributed by atoms with E-state index in [1.54, 1.807) is 26.8 Å². The minimum absolute atomic E-state index is 0.0114. The first kappa shape index (κ1) is 23.0. The third kappa shape index (κ3) is 4.92. The van der Waals surface area contributed by atoms with Gasteiger partial charge in [-0.15, -0.1) is 0 Å². The monoisotopic (exact) mass is 459 g/mol. The van der Waals surface area contributed by atoms with Gasteiger partial charge in [-0.25, -0.2) is 0 Å². The number of rotatable bonds is 4. The fourth-order valence-corrected chi connectivity index (χ4v) is 4.62. The lowest BCUT2D eigenvalue weighted by molar-refractivity contribution is -0.384. The van der Waals surface area contributed by atoms with Crippen molar-refractivity contribution < 1.29 is 24.0 Å². The first-order valence-electron chi connectivity index (χ1n) is 11.3. The molecule has 0 bridgehead atoms. The largest absolute Gasteiger partial charge is 0.368 e. The van der Waals surface area contributed by atoms with Crippen molar-refractivity contribution in [3.8, 4) is 0 Å². The van der Waals surface area contributed by atoms with Crippen molar-refractivity contribution in [2.45, 2.75) is 25.9 Å². The average molecular weight is 460 g/mol. The van der Waals surface area contributed by atoms with Gasteiger partial charge in [-0.3, -0.25) is 24.5 Å². The Morgan fingerprint density at radius 3 is 2.18 bits per heavy atom. The molecule has 4 rings (SSSR count). The molecule has 3 aliphatic rings. The molecule has 11 nitrogen and oxygen atoms in total. The van der Waals surface area contributed by atoms with Crippen LogP contribution in [0.25, 0.3) is 0 Å². The zero-order chi connectivity index (χ0) is 23.5. The van der Waals surface area contributed by atoms with Gasteiger partial charge in [-0.05, 0) is 25.0 Å². The highest BCUT2D eigenvalue weighted by Crippen LogP contribution is 2.31. The fourth-order valence-electron chi connectivity index (χ4n) is 4.62. The van der Waals surface area contributed by atoms with Crippen molar-refractivity contribution in [2.75, 3.05) is 63.9 Å². The van der Waals surface area contributed by atoms with Crippen molar-refractivity contribution in [1.29, 1.82) is 0 Å². The molecule has 0 aromatic heterocycles. The number of carbonyl (C=O) groups is 3. The fraction of sp³-hybridized carbons (Fsp3) is 0.591. The van der Waals surface area contributed by atoms with Crippen LogP contribution in [-0.4, -0.2) is 102 Å². The van der Waals surface area contributed by atoms with E-state index >= 15 is 0 Å². The van der Waals surface area contributed by atoms with Crippen LogP contribution >= 0.6 is 0 Å². The van der Waals surface area contributed by atoms with Gasteiger partial charge in [0.05, 0.1) is 4.92 Å². The second-order valence-corrected chi connectivity index (χ2v) is 8.57. The SMILES string of the molecule is CC(=O)N1CCN(c2ccc(C(=O)N3CCN(C(=O)C4CCCO4)CC3)cc2[N+](=O)[O-])CC1. The summed E-state index contributed by atoms with van der Waals surface area (Å²) in [6, 6.07) is 4.57. The molecule has 0 saturated carbocycles. The average Bonchev–Trinajstić information content (AvgIpc) is 3.38. The number of anilines is 1. The Morgan fingerprint density at radius 1 is 0.970 bits per heavy atom. The Hall–Kier alpha value is -3.21. The van der Waals surface area contributed by atoms with Crippen LogP contribution in [0.15, 0.2) is 18.2 Å². The van der Waals surface area contributed by atoms with Crippen LogP contribution < -0.4 is 4.90 Å².